The van der Waals surface area contributed by atoms with Crippen LogP contribution in [-0.4, -0.2) is 13.5 Å². The molecule has 0 saturated carbocycles. The maximum atomic E-state index is 13.0. The van der Waals surface area contributed by atoms with Crippen molar-refractivity contribution in [2.45, 2.75) is 18.7 Å². The molecule has 0 bridgehead atoms. The van der Waals surface area contributed by atoms with E-state index in [1.807, 2.05) is 0 Å². The lowest BCUT2D eigenvalue weighted by Gasteiger charge is -2.13. The van der Waals surface area contributed by atoms with Gasteiger partial charge in [-0.2, -0.15) is 0 Å². The van der Waals surface area contributed by atoms with Gasteiger partial charge in [-0.1, -0.05) is 17.7 Å². The van der Waals surface area contributed by atoms with Crippen LogP contribution in [0.1, 0.15) is 11.1 Å². The molecule has 4 nitrogen and oxygen atoms in total. The van der Waals surface area contributed by atoms with Crippen LogP contribution in [-0.2, 0) is 10.0 Å². The Morgan fingerprint density at radius 3 is 2.48 bits per heavy atom. The molecule has 0 aromatic heterocycles. The Bertz CT molecular complexity index is 806. The lowest BCUT2D eigenvalue weighted by atomic mass is 10.1. The van der Waals surface area contributed by atoms with Crippen LogP contribution < -0.4 is 4.72 Å². The van der Waals surface area contributed by atoms with E-state index in [1.54, 1.807) is 19.9 Å². The fraction of sp³-hybridized carbons (Fsp3) is 0.143. The summed E-state index contributed by atoms with van der Waals surface area (Å²) in [5, 5.41) is 9.70. The molecule has 0 aliphatic rings. The molecule has 0 aliphatic carbocycles. The first-order valence-corrected chi connectivity index (χ1v) is 7.85. The highest BCUT2D eigenvalue weighted by Gasteiger charge is 2.20. The third-order valence-corrected chi connectivity index (χ3v) is 4.72. The van der Waals surface area contributed by atoms with Gasteiger partial charge in [0.1, 0.15) is 16.5 Å². The molecule has 2 aromatic rings. The zero-order valence-corrected chi connectivity index (χ0v) is 12.9. The van der Waals surface area contributed by atoms with Crippen LogP contribution in [0, 0.1) is 19.7 Å². The third kappa shape index (κ3) is 3.28. The van der Waals surface area contributed by atoms with Crippen molar-refractivity contribution in [2.24, 2.45) is 0 Å². The lowest BCUT2D eigenvalue weighted by molar-refractivity contribution is 0.473. The molecule has 0 aliphatic heterocycles. The maximum absolute atomic E-state index is 13.0. The molecule has 21 heavy (non-hydrogen) atoms. The highest BCUT2D eigenvalue weighted by Crippen LogP contribution is 2.32. The predicted molar refractivity (Wildman–Crippen MR) is 79.8 cm³/mol. The van der Waals surface area contributed by atoms with Crippen molar-refractivity contribution >= 4 is 27.3 Å². The zero-order chi connectivity index (χ0) is 15.8. The quantitative estimate of drug-likeness (QED) is 0.845. The summed E-state index contributed by atoms with van der Waals surface area (Å²) >= 11 is 5.76. The molecule has 0 spiro atoms. The summed E-state index contributed by atoms with van der Waals surface area (Å²) < 4.78 is 39.8. The number of benzene rings is 2. The van der Waals surface area contributed by atoms with Crippen LogP contribution in [0.15, 0.2) is 35.2 Å². The highest BCUT2D eigenvalue weighted by atomic mass is 35.5. The minimum absolute atomic E-state index is 0.0490. The van der Waals surface area contributed by atoms with E-state index in [2.05, 4.69) is 4.72 Å². The van der Waals surface area contributed by atoms with Gasteiger partial charge in [-0.05, 0) is 49.2 Å². The van der Waals surface area contributed by atoms with Crippen LogP contribution in [0.2, 0.25) is 5.02 Å². The number of phenolic OH excluding ortho intramolecular Hbond substituents is 1. The second kappa shape index (κ2) is 5.54. The van der Waals surface area contributed by atoms with Crippen LogP contribution in [0.4, 0.5) is 10.1 Å². The molecule has 0 unspecified atom stereocenters. The summed E-state index contributed by atoms with van der Waals surface area (Å²) in [6, 6.07) is 6.20. The number of aryl methyl sites for hydroxylation is 2. The highest BCUT2D eigenvalue weighted by molar-refractivity contribution is 7.92. The van der Waals surface area contributed by atoms with Crippen LogP contribution >= 0.6 is 11.6 Å². The number of hydrogen-bond acceptors (Lipinski definition) is 3. The lowest BCUT2D eigenvalue weighted by Crippen LogP contribution is -2.14. The van der Waals surface area contributed by atoms with Crippen molar-refractivity contribution < 1.29 is 17.9 Å². The Hall–Kier alpha value is -1.79. The number of aromatic hydroxyl groups is 1. The molecule has 0 radical (unpaired) electrons. The Kier molecular flexibility index (Phi) is 4.11. The maximum Gasteiger partial charge on any atom is 0.263 e. The SMILES string of the molecule is Cc1cc(C)c(O)c(NS(=O)(=O)c2ccc(F)cc2Cl)c1. The van der Waals surface area contributed by atoms with Gasteiger partial charge >= 0.3 is 0 Å². The van der Waals surface area contributed by atoms with Crippen molar-refractivity contribution in [3.8, 4) is 5.75 Å². The van der Waals surface area contributed by atoms with Crippen LogP contribution in [0.3, 0.4) is 0 Å². The van der Waals surface area contributed by atoms with E-state index >= 15 is 0 Å². The molecule has 2 rings (SSSR count). The number of anilines is 1. The van der Waals surface area contributed by atoms with E-state index in [4.69, 9.17) is 11.6 Å². The van der Waals surface area contributed by atoms with E-state index in [-0.39, 0.29) is 21.4 Å². The molecule has 0 heterocycles. The first-order chi connectivity index (χ1) is 9.70. The van der Waals surface area contributed by atoms with E-state index in [0.717, 1.165) is 23.8 Å². The van der Waals surface area contributed by atoms with Gasteiger partial charge in [-0.3, -0.25) is 4.72 Å². The van der Waals surface area contributed by atoms with Crippen molar-refractivity contribution in [2.75, 3.05) is 4.72 Å². The fourth-order valence-electron chi connectivity index (χ4n) is 1.93. The van der Waals surface area contributed by atoms with Gasteiger partial charge in [-0.25, -0.2) is 12.8 Å². The Labute approximate surface area is 127 Å². The van der Waals surface area contributed by atoms with Gasteiger partial charge in [0, 0.05) is 0 Å². The molecular weight excluding hydrogens is 317 g/mol. The van der Waals surface area contributed by atoms with Crippen LogP contribution in [0.5, 0.6) is 5.75 Å². The van der Waals surface area contributed by atoms with Gasteiger partial charge in [-0.15, -0.1) is 0 Å². The number of sulfonamides is 1. The fourth-order valence-corrected chi connectivity index (χ4v) is 3.52. The molecule has 0 amide bonds. The van der Waals surface area contributed by atoms with Crippen molar-refractivity contribution in [3.63, 3.8) is 0 Å². The number of halogens is 2. The van der Waals surface area contributed by atoms with Crippen molar-refractivity contribution in [3.05, 3.63) is 52.3 Å². The third-order valence-electron chi connectivity index (χ3n) is 2.87. The standard InChI is InChI=1S/C14H13ClFNO3S/c1-8-5-9(2)14(18)12(6-8)17-21(19,20)13-4-3-10(16)7-11(13)15/h3-7,17-18H,1-2H3. The smallest absolute Gasteiger partial charge is 0.263 e. The first-order valence-electron chi connectivity index (χ1n) is 5.99. The second-order valence-corrected chi connectivity index (χ2v) is 6.72. The number of nitrogens with one attached hydrogen (secondary N) is 1. The summed E-state index contributed by atoms with van der Waals surface area (Å²) in [6.45, 7) is 3.43. The molecule has 7 heteroatoms. The summed E-state index contributed by atoms with van der Waals surface area (Å²) in [5.41, 5.74) is 1.37. The Balaban J connectivity index is 2.47. The summed E-state index contributed by atoms with van der Waals surface area (Å²) in [5.74, 6) is -0.796. The summed E-state index contributed by atoms with van der Waals surface area (Å²) in [4.78, 5) is -0.260. The number of phenols is 1. The minimum atomic E-state index is -4.03. The van der Waals surface area contributed by atoms with Gasteiger partial charge in [0.05, 0.1) is 10.7 Å². The zero-order valence-electron chi connectivity index (χ0n) is 11.3. The van der Waals surface area contributed by atoms with Gasteiger partial charge in [0.15, 0.2) is 0 Å². The average molecular weight is 330 g/mol. The molecule has 0 saturated heterocycles. The predicted octanol–water partition coefficient (Wildman–Crippen LogP) is 3.60. The van der Waals surface area contributed by atoms with Gasteiger partial charge in [0.2, 0.25) is 0 Å². The van der Waals surface area contributed by atoms with E-state index in [0.29, 0.717) is 5.56 Å². The van der Waals surface area contributed by atoms with Crippen molar-refractivity contribution in [1.29, 1.82) is 0 Å². The second-order valence-electron chi connectivity index (χ2n) is 4.66. The Morgan fingerprint density at radius 1 is 1.19 bits per heavy atom. The van der Waals surface area contributed by atoms with Crippen molar-refractivity contribution in [1.82, 2.24) is 0 Å². The van der Waals surface area contributed by atoms with E-state index < -0.39 is 15.8 Å². The Morgan fingerprint density at radius 2 is 1.86 bits per heavy atom. The number of hydrogen-bond donors (Lipinski definition) is 2. The molecule has 0 fully saturated rings. The average Bonchev–Trinajstić information content (AvgIpc) is 2.34. The van der Waals surface area contributed by atoms with Gasteiger partial charge < -0.3 is 5.11 Å². The molecule has 2 aromatic carbocycles. The van der Waals surface area contributed by atoms with E-state index in [9.17, 15) is 17.9 Å². The normalized spacial score (nSPS) is 11.4. The topological polar surface area (TPSA) is 66.4 Å². The summed E-state index contributed by atoms with van der Waals surface area (Å²) in [6.07, 6.45) is 0. The van der Waals surface area contributed by atoms with Crippen LogP contribution in [0.25, 0.3) is 0 Å². The monoisotopic (exact) mass is 329 g/mol. The largest absolute Gasteiger partial charge is 0.505 e. The number of rotatable bonds is 3. The molecule has 2 N–H and O–H groups in total. The van der Waals surface area contributed by atoms with E-state index in [1.165, 1.54) is 6.07 Å². The molecular formula is C14H13ClFNO3S. The first kappa shape index (κ1) is 15.6. The molecule has 0 atom stereocenters. The van der Waals surface area contributed by atoms with Gasteiger partial charge in [0.25, 0.3) is 10.0 Å². The summed E-state index contributed by atoms with van der Waals surface area (Å²) in [7, 11) is -4.03. The molecule has 112 valence electrons. The minimum Gasteiger partial charge on any atom is -0.505 e.